The molecule has 3 nitrogen and oxygen atoms in total. The second-order valence-corrected chi connectivity index (χ2v) is 6.12. The smallest absolute Gasteiger partial charge is 0.0117 e. The summed E-state index contributed by atoms with van der Waals surface area (Å²) in [6.45, 7) is 8.20. The van der Waals surface area contributed by atoms with E-state index in [1.54, 1.807) is 0 Å². The van der Waals surface area contributed by atoms with Crippen LogP contribution in [0.3, 0.4) is 0 Å². The van der Waals surface area contributed by atoms with E-state index >= 15 is 0 Å². The highest BCUT2D eigenvalue weighted by Gasteiger charge is 2.43. The van der Waals surface area contributed by atoms with Gasteiger partial charge in [0.05, 0.1) is 0 Å². The van der Waals surface area contributed by atoms with E-state index in [4.69, 9.17) is 5.73 Å². The quantitative estimate of drug-likeness (QED) is 0.763. The maximum atomic E-state index is 5.72. The van der Waals surface area contributed by atoms with Gasteiger partial charge in [0, 0.05) is 12.6 Å². The van der Waals surface area contributed by atoms with E-state index < -0.39 is 0 Å². The minimum atomic E-state index is 0.603. The minimum absolute atomic E-state index is 0.603. The molecule has 1 aliphatic heterocycles. The van der Waals surface area contributed by atoms with Gasteiger partial charge in [-0.15, -0.1) is 0 Å². The van der Waals surface area contributed by atoms with E-state index in [1.165, 1.54) is 58.3 Å². The first-order chi connectivity index (χ1) is 8.19. The molecule has 3 heteroatoms. The Morgan fingerprint density at radius 3 is 2.41 bits per heavy atom. The third-order valence-electron chi connectivity index (χ3n) is 4.84. The van der Waals surface area contributed by atoms with Crippen molar-refractivity contribution in [3.63, 3.8) is 0 Å². The van der Waals surface area contributed by atoms with Crippen LogP contribution in [-0.2, 0) is 0 Å². The van der Waals surface area contributed by atoms with Crippen molar-refractivity contribution in [2.45, 2.75) is 45.1 Å². The molecule has 100 valence electrons. The van der Waals surface area contributed by atoms with Gasteiger partial charge in [-0.2, -0.15) is 0 Å². The number of rotatable bonds is 6. The second-order valence-electron chi connectivity index (χ2n) is 6.12. The van der Waals surface area contributed by atoms with Gasteiger partial charge in [-0.1, -0.05) is 6.92 Å². The Morgan fingerprint density at radius 2 is 1.94 bits per heavy atom. The molecule has 2 N–H and O–H groups in total. The van der Waals surface area contributed by atoms with Crippen molar-refractivity contribution in [1.29, 1.82) is 0 Å². The fourth-order valence-corrected chi connectivity index (χ4v) is 3.30. The number of hydrogen-bond donors (Lipinski definition) is 1. The lowest BCUT2D eigenvalue weighted by atomic mass is 9.98. The summed E-state index contributed by atoms with van der Waals surface area (Å²) in [5.41, 5.74) is 6.32. The average Bonchev–Trinajstić information content (AvgIpc) is 3.09. The molecule has 0 radical (unpaired) electrons. The van der Waals surface area contributed by atoms with Gasteiger partial charge in [0.2, 0.25) is 0 Å². The summed E-state index contributed by atoms with van der Waals surface area (Å²) in [6, 6.07) is 0.813. The van der Waals surface area contributed by atoms with E-state index in [0.717, 1.165) is 12.6 Å². The van der Waals surface area contributed by atoms with Crippen LogP contribution in [0.25, 0.3) is 0 Å². The van der Waals surface area contributed by atoms with Crippen LogP contribution in [0.1, 0.15) is 39.0 Å². The second kappa shape index (κ2) is 5.68. The van der Waals surface area contributed by atoms with Gasteiger partial charge in [0.25, 0.3) is 0 Å². The van der Waals surface area contributed by atoms with Crippen LogP contribution in [0.4, 0.5) is 0 Å². The molecule has 1 saturated heterocycles. The Labute approximate surface area is 106 Å². The van der Waals surface area contributed by atoms with Crippen molar-refractivity contribution in [2.24, 2.45) is 11.1 Å². The third-order valence-corrected chi connectivity index (χ3v) is 4.84. The molecule has 17 heavy (non-hydrogen) atoms. The van der Waals surface area contributed by atoms with Crippen LogP contribution >= 0.6 is 0 Å². The summed E-state index contributed by atoms with van der Waals surface area (Å²) in [6.07, 6.45) is 6.74. The highest BCUT2D eigenvalue weighted by atomic mass is 15.2. The molecule has 0 amide bonds. The van der Waals surface area contributed by atoms with Crippen LogP contribution < -0.4 is 5.73 Å². The van der Waals surface area contributed by atoms with Gasteiger partial charge in [-0.3, -0.25) is 0 Å². The molecule has 1 heterocycles. The Kier molecular flexibility index (Phi) is 4.45. The van der Waals surface area contributed by atoms with E-state index in [-0.39, 0.29) is 0 Å². The first-order valence-electron chi connectivity index (χ1n) is 7.32. The first kappa shape index (κ1) is 13.3. The van der Waals surface area contributed by atoms with E-state index in [2.05, 4.69) is 23.8 Å². The highest BCUT2D eigenvalue weighted by molar-refractivity contribution is 4.96. The van der Waals surface area contributed by atoms with Gasteiger partial charge < -0.3 is 15.5 Å². The van der Waals surface area contributed by atoms with Gasteiger partial charge in [-0.05, 0) is 70.7 Å². The molecule has 0 aromatic heterocycles. The number of nitrogens with zero attached hydrogens (tertiary/aromatic N) is 2. The summed E-state index contributed by atoms with van der Waals surface area (Å²) < 4.78 is 0. The molecular weight excluding hydrogens is 210 g/mol. The van der Waals surface area contributed by atoms with Crippen LogP contribution in [-0.4, -0.2) is 55.6 Å². The van der Waals surface area contributed by atoms with Gasteiger partial charge in [0.1, 0.15) is 0 Å². The maximum absolute atomic E-state index is 5.72. The van der Waals surface area contributed by atoms with Crippen molar-refractivity contribution in [3.05, 3.63) is 0 Å². The molecule has 1 aliphatic carbocycles. The molecule has 2 rings (SSSR count). The summed E-state index contributed by atoms with van der Waals surface area (Å²) in [5, 5.41) is 0. The van der Waals surface area contributed by atoms with Crippen LogP contribution in [0.15, 0.2) is 0 Å². The number of hydrogen-bond acceptors (Lipinski definition) is 3. The van der Waals surface area contributed by atoms with Crippen molar-refractivity contribution in [2.75, 3.05) is 39.8 Å². The summed E-state index contributed by atoms with van der Waals surface area (Å²) in [7, 11) is 2.32. The maximum Gasteiger partial charge on any atom is 0.0117 e. The zero-order chi connectivity index (χ0) is 12.3. The number of likely N-dealkylation sites (tertiary alicyclic amines) is 1. The Hall–Kier alpha value is -0.120. The van der Waals surface area contributed by atoms with E-state index in [1.807, 2.05) is 0 Å². The van der Waals surface area contributed by atoms with Crippen LogP contribution in [0, 0.1) is 5.41 Å². The molecule has 0 spiro atoms. The largest absolute Gasteiger partial charge is 0.330 e. The molecule has 1 saturated carbocycles. The highest BCUT2D eigenvalue weighted by Crippen LogP contribution is 2.49. The fourth-order valence-electron chi connectivity index (χ4n) is 3.30. The molecule has 2 fully saturated rings. The predicted octanol–water partition coefficient (Wildman–Crippen LogP) is 1.53. The lowest BCUT2D eigenvalue weighted by Crippen LogP contribution is -2.45. The van der Waals surface area contributed by atoms with Crippen molar-refractivity contribution >= 4 is 0 Å². The topological polar surface area (TPSA) is 32.5 Å². The van der Waals surface area contributed by atoms with Crippen LogP contribution in [0.2, 0.25) is 0 Å². The molecule has 0 aromatic carbocycles. The van der Waals surface area contributed by atoms with E-state index in [9.17, 15) is 0 Å². The lowest BCUT2D eigenvalue weighted by molar-refractivity contribution is 0.113. The van der Waals surface area contributed by atoms with Crippen LogP contribution in [0.5, 0.6) is 0 Å². The monoisotopic (exact) mass is 239 g/mol. The molecule has 2 aliphatic rings. The summed E-state index contributed by atoms with van der Waals surface area (Å²) in [4.78, 5) is 5.19. The summed E-state index contributed by atoms with van der Waals surface area (Å²) >= 11 is 0. The Balaban J connectivity index is 1.75. The zero-order valence-electron chi connectivity index (χ0n) is 11.6. The third kappa shape index (κ3) is 3.43. The molecular formula is C14H29N3. The zero-order valence-corrected chi connectivity index (χ0v) is 11.6. The van der Waals surface area contributed by atoms with Gasteiger partial charge in [0.15, 0.2) is 0 Å². The number of piperidine rings is 1. The Bertz CT molecular complexity index is 230. The standard InChI is InChI=1S/C14H29N3/c1-3-17-10-4-13(5-11-17)16(2)12-14(6-7-14)8-9-15/h13H,3-12,15H2,1-2H3. The Morgan fingerprint density at radius 1 is 1.29 bits per heavy atom. The first-order valence-corrected chi connectivity index (χ1v) is 7.32. The number of nitrogens with two attached hydrogens (primary N) is 1. The molecule has 0 aromatic rings. The molecule has 0 bridgehead atoms. The normalized spacial score (nSPS) is 25.4. The summed E-state index contributed by atoms with van der Waals surface area (Å²) in [5.74, 6) is 0. The van der Waals surface area contributed by atoms with Gasteiger partial charge >= 0.3 is 0 Å². The van der Waals surface area contributed by atoms with Crippen molar-refractivity contribution in [3.8, 4) is 0 Å². The minimum Gasteiger partial charge on any atom is -0.330 e. The van der Waals surface area contributed by atoms with Gasteiger partial charge in [-0.25, -0.2) is 0 Å². The lowest BCUT2D eigenvalue weighted by Gasteiger charge is -2.37. The van der Waals surface area contributed by atoms with Crippen molar-refractivity contribution < 1.29 is 0 Å². The molecule has 0 atom stereocenters. The average molecular weight is 239 g/mol. The van der Waals surface area contributed by atoms with Crippen molar-refractivity contribution in [1.82, 2.24) is 9.80 Å². The molecule has 0 unspecified atom stereocenters. The predicted molar refractivity (Wildman–Crippen MR) is 73.1 cm³/mol. The van der Waals surface area contributed by atoms with E-state index in [0.29, 0.717) is 5.41 Å². The fraction of sp³-hybridized carbons (Fsp3) is 1.00. The SMILES string of the molecule is CCN1CCC(N(C)CC2(CCN)CC2)CC1.